The molecular weight excluding hydrogens is 314 g/mol. The van der Waals surface area contributed by atoms with Gasteiger partial charge in [0, 0.05) is 5.56 Å². The molecule has 0 aliphatic rings. The van der Waals surface area contributed by atoms with Crippen LogP contribution in [-0.2, 0) is 0 Å². The number of benzene rings is 1. The van der Waals surface area contributed by atoms with Crippen LogP contribution in [0.1, 0.15) is 16.1 Å². The van der Waals surface area contributed by atoms with Crippen LogP contribution in [0.15, 0.2) is 39.9 Å². The maximum atomic E-state index is 11.0. The van der Waals surface area contributed by atoms with Gasteiger partial charge in [-0.3, -0.25) is 5.43 Å². The Bertz CT molecular complexity index is 727. The minimum absolute atomic E-state index is 0.0101. The number of aromatic carboxylic acids is 1. The highest BCUT2D eigenvalue weighted by molar-refractivity contribution is 7.80. The summed E-state index contributed by atoms with van der Waals surface area (Å²) >= 11 is 10.4. The topological polar surface area (TPSA) is 101 Å². The number of carboxylic acids is 1. The fourth-order valence-corrected chi connectivity index (χ4v) is 1.83. The van der Waals surface area contributed by atoms with Gasteiger partial charge in [-0.2, -0.15) is 5.10 Å². The van der Waals surface area contributed by atoms with Crippen molar-refractivity contribution in [2.45, 2.75) is 0 Å². The van der Waals surface area contributed by atoms with Gasteiger partial charge in [-0.05, 0) is 42.5 Å². The van der Waals surface area contributed by atoms with E-state index in [9.17, 15) is 4.79 Å². The minimum atomic E-state index is -1.10. The molecule has 1 heterocycles. The predicted octanol–water partition coefficient (Wildman–Crippen LogP) is 2.47. The molecule has 21 heavy (non-hydrogen) atoms. The van der Waals surface area contributed by atoms with Crippen molar-refractivity contribution < 1.29 is 14.3 Å². The number of halogens is 1. The van der Waals surface area contributed by atoms with Crippen molar-refractivity contribution in [1.82, 2.24) is 5.43 Å². The second kappa shape index (κ2) is 6.38. The van der Waals surface area contributed by atoms with Gasteiger partial charge in [0.05, 0.1) is 16.8 Å². The van der Waals surface area contributed by atoms with Gasteiger partial charge < -0.3 is 15.3 Å². The molecule has 0 amide bonds. The highest BCUT2D eigenvalue weighted by atomic mass is 35.5. The van der Waals surface area contributed by atoms with E-state index in [4.69, 9.17) is 26.9 Å². The monoisotopic (exact) mass is 323 g/mol. The molecule has 0 aliphatic heterocycles. The third kappa shape index (κ3) is 3.80. The Hall–Kier alpha value is -2.38. The molecular formula is C13H10ClN3O3S. The van der Waals surface area contributed by atoms with Crippen LogP contribution in [0.3, 0.4) is 0 Å². The Labute approximate surface area is 130 Å². The molecule has 6 nitrogen and oxygen atoms in total. The average molecular weight is 324 g/mol. The molecule has 0 saturated carbocycles. The van der Waals surface area contributed by atoms with E-state index in [0.717, 1.165) is 0 Å². The molecule has 0 aliphatic carbocycles. The van der Waals surface area contributed by atoms with Gasteiger partial charge in [-0.15, -0.1) is 0 Å². The normalized spacial score (nSPS) is 10.7. The fourth-order valence-electron chi connectivity index (χ4n) is 1.58. The number of hydrogen-bond acceptors (Lipinski definition) is 4. The molecule has 2 rings (SSSR count). The molecule has 8 heteroatoms. The number of thiocarbonyl (C=S) groups is 1. The van der Waals surface area contributed by atoms with Crippen LogP contribution in [0.2, 0.25) is 5.02 Å². The van der Waals surface area contributed by atoms with Crippen molar-refractivity contribution in [2.24, 2.45) is 10.8 Å². The first-order valence-corrected chi connectivity index (χ1v) is 6.47. The molecule has 0 atom stereocenters. The van der Waals surface area contributed by atoms with E-state index in [-0.39, 0.29) is 15.7 Å². The molecule has 0 saturated heterocycles. The smallest absolute Gasteiger partial charge is 0.337 e. The lowest BCUT2D eigenvalue weighted by Crippen LogP contribution is -2.23. The van der Waals surface area contributed by atoms with Crippen molar-refractivity contribution in [1.29, 1.82) is 0 Å². The lowest BCUT2D eigenvalue weighted by atomic mass is 10.1. The Morgan fingerprint density at radius 1 is 1.43 bits per heavy atom. The zero-order valence-corrected chi connectivity index (χ0v) is 12.1. The fraction of sp³-hybridized carbons (Fsp3) is 0. The molecule has 0 bridgehead atoms. The van der Waals surface area contributed by atoms with Crippen molar-refractivity contribution in [3.05, 3.63) is 46.7 Å². The van der Waals surface area contributed by atoms with E-state index in [1.165, 1.54) is 18.3 Å². The van der Waals surface area contributed by atoms with Gasteiger partial charge in [-0.25, -0.2) is 4.79 Å². The van der Waals surface area contributed by atoms with Crippen LogP contribution >= 0.6 is 23.8 Å². The van der Waals surface area contributed by atoms with E-state index in [2.05, 4.69) is 22.7 Å². The average Bonchev–Trinajstić information content (AvgIpc) is 2.87. The van der Waals surface area contributed by atoms with Crippen LogP contribution in [0.4, 0.5) is 0 Å². The van der Waals surface area contributed by atoms with Gasteiger partial charge in [0.15, 0.2) is 5.11 Å². The van der Waals surface area contributed by atoms with Crippen molar-refractivity contribution in [2.75, 3.05) is 0 Å². The van der Waals surface area contributed by atoms with Gasteiger partial charge in [0.2, 0.25) is 0 Å². The number of hydrogen-bond donors (Lipinski definition) is 3. The Morgan fingerprint density at radius 3 is 2.86 bits per heavy atom. The number of rotatable bonds is 4. The summed E-state index contributed by atoms with van der Waals surface area (Å²) in [7, 11) is 0. The minimum Gasteiger partial charge on any atom is -0.478 e. The first-order chi connectivity index (χ1) is 9.97. The number of hydrazone groups is 1. The first-order valence-electron chi connectivity index (χ1n) is 5.69. The number of nitrogens with two attached hydrogens (primary N) is 1. The Morgan fingerprint density at radius 2 is 2.19 bits per heavy atom. The zero-order chi connectivity index (χ0) is 15.4. The van der Waals surface area contributed by atoms with Gasteiger partial charge in [0.1, 0.15) is 11.5 Å². The summed E-state index contributed by atoms with van der Waals surface area (Å²) in [5.41, 5.74) is 8.22. The van der Waals surface area contributed by atoms with Gasteiger partial charge >= 0.3 is 5.97 Å². The highest BCUT2D eigenvalue weighted by Gasteiger charge is 2.12. The van der Waals surface area contributed by atoms with E-state index >= 15 is 0 Å². The van der Waals surface area contributed by atoms with Crippen LogP contribution in [0, 0.1) is 0 Å². The summed E-state index contributed by atoms with van der Waals surface area (Å²) in [6.07, 6.45) is 1.40. The second-order valence-electron chi connectivity index (χ2n) is 3.94. The van der Waals surface area contributed by atoms with Gasteiger partial charge in [0.25, 0.3) is 0 Å². The number of furan rings is 1. The van der Waals surface area contributed by atoms with Crippen LogP contribution in [-0.4, -0.2) is 22.4 Å². The lowest BCUT2D eigenvalue weighted by Gasteiger charge is -2.01. The molecule has 0 fully saturated rings. The number of carbonyl (C=O) groups is 1. The maximum Gasteiger partial charge on any atom is 0.337 e. The van der Waals surface area contributed by atoms with E-state index < -0.39 is 5.97 Å². The van der Waals surface area contributed by atoms with Crippen LogP contribution in [0.5, 0.6) is 0 Å². The summed E-state index contributed by atoms with van der Waals surface area (Å²) in [5.74, 6) is -0.151. The third-order valence-electron chi connectivity index (χ3n) is 2.47. The van der Waals surface area contributed by atoms with Gasteiger partial charge in [-0.1, -0.05) is 11.6 Å². The SMILES string of the molecule is NC(=S)NN=Cc1ccc(-c2ccc(Cl)c(C(=O)O)c2)o1. The maximum absolute atomic E-state index is 11.0. The second-order valence-corrected chi connectivity index (χ2v) is 4.78. The standard InChI is InChI=1S/C13H10ClN3O3S/c14-10-3-1-7(5-9(10)12(18)19)11-4-2-8(20-11)6-16-17-13(15)21/h1-6H,(H,18,19)(H3,15,17,21). The molecule has 108 valence electrons. The largest absolute Gasteiger partial charge is 0.478 e. The molecule has 2 aromatic rings. The van der Waals surface area contributed by atoms with E-state index in [1.54, 1.807) is 18.2 Å². The Kier molecular flexibility index (Phi) is 4.56. The molecule has 1 aromatic carbocycles. The van der Waals surface area contributed by atoms with Crippen molar-refractivity contribution >= 4 is 41.1 Å². The van der Waals surface area contributed by atoms with Crippen LogP contribution < -0.4 is 11.2 Å². The first kappa shape index (κ1) is 15.0. The molecule has 4 N–H and O–H groups in total. The number of carboxylic acid groups (broad SMARTS) is 1. The van der Waals surface area contributed by atoms with Crippen molar-refractivity contribution in [3.63, 3.8) is 0 Å². The van der Waals surface area contributed by atoms with E-state index in [1.807, 2.05) is 0 Å². The van der Waals surface area contributed by atoms with Crippen LogP contribution in [0.25, 0.3) is 11.3 Å². The van der Waals surface area contributed by atoms with Crippen molar-refractivity contribution in [3.8, 4) is 11.3 Å². The number of nitrogens with one attached hydrogen (secondary N) is 1. The summed E-state index contributed by atoms with van der Waals surface area (Å²) < 4.78 is 5.52. The lowest BCUT2D eigenvalue weighted by molar-refractivity contribution is 0.0697. The zero-order valence-electron chi connectivity index (χ0n) is 10.5. The summed E-state index contributed by atoms with van der Waals surface area (Å²) in [4.78, 5) is 11.0. The molecule has 1 aromatic heterocycles. The molecule has 0 unspecified atom stereocenters. The quantitative estimate of drug-likeness (QED) is 0.454. The molecule has 0 spiro atoms. The highest BCUT2D eigenvalue weighted by Crippen LogP contribution is 2.26. The number of nitrogens with zero attached hydrogens (tertiary/aromatic N) is 1. The molecule has 0 radical (unpaired) electrons. The predicted molar refractivity (Wildman–Crippen MR) is 83.6 cm³/mol. The summed E-state index contributed by atoms with van der Waals surface area (Å²) in [5, 5.41) is 13.0. The summed E-state index contributed by atoms with van der Waals surface area (Å²) in [6, 6.07) is 7.98. The Balaban J connectivity index is 2.25. The third-order valence-corrected chi connectivity index (χ3v) is 2.90. The summed E-state index contributed by atoms with van der Waals surface area (Å²) in [6.45, 7) is 0. The van der Waals surface area contributed by atoms with E-state index in [0.29, 0.717) is 17.1 Å².